The molecule has 4 heteroatoms. The van der Waals surface area contributed by atoms with Gasteiger partial charge in [0.1, 0.15) is 0 Å². The maximum atomic E-state index is 11.7. The van der Waals surface area contributed by atoms with Gasteiger partial charge in [0.2, 0.25) is 10.0 Å². The van der Waals surface area contributed by atoms with E-state index in [2.05, 4.69) is 25.5 Å². The molecule has 0 aliphatic heterocycles. The first kappa shape index (κ1) is 13.2. The summed E-state index contributed by atoms with van der Waals surface area (Å²) in [6, 6.07) is 7.03. The molecule has 0 spiro atoms. The van der Waals surface area contributed by atoms with Crippen molar-refractivity contribution in [3.63, 3.8) is 0 Å². The van der Waals surface area contributed by atoms with Gasteiger partial charge < -0.3 is 0 Å². The van der Waals surface area contributed by atoms with Crippen molar-refractivity contribution < 1.29 is 8.42 Å². The monoisotopic (exact) mass is 241 g/mol. The van der Waals surface area contributed by atoms with Gasteiger partial charge in [-0.1, -0.05) is 39.8 Å². The fraction of sp³-hybridized carbons (Fsp3) is 0.500. The predicted octanol–water partition coefficient (Wildman–Crippen LogP) is 2.28. The van der Waals surface area contributed by atoms with Gasteiger partial charge >= 0.3 is 0 Å². The fourth-order valence-electron chi connectivity index (χ4n) is 1.41. The Bertz CT molecular complexity index is 441. The van der Waals surface area contributed by atoms with Crippen molar-refractivity contribution in [3.05, 3.63) is 29.8 Å². The van der Waals surface area contributed by atoms with E-state index in [0.717, 1.165) is 5.56 Å². The first-order chi connectivity index (χ1) is 7.27. The molecule has 16 heavy (non-hydrogen) atoms. The quantitative estimate of drug-likeness (QED) is 0.882. The summed E-state index contributed by atoms with van der Waals surface area (Å²) in [4.78, 5) is 0.322. The number of hydrogen-bond acceptors (Lipinski definition) is 2. The van der Waals surface area contributed by atoms with Gasteiger partial charge in [0.05, 0.1) is 4.90 Å². The predicted molar refractivity (Wildman–Crippen MR) is 66.0 cm³/mol. The average molecular weight is 241 g/mol. The van der Waals surface area contributed by atoms with Gasteiger partial charge in [-0.05, 0) is 23.1 Å². The van der Waals surface area contributed by atoms with Gasteiger partial charge in [-0.3, -0.25) is 0 Å². The minimum Gasteiger partial charge on any atom is -0.211 e. The van der Waals surface area contributed by atoms with Gasteiger partial charge in [0, 0.05) is 6.54 Å². The van der Waals surface area contributed by atoms with Crippen molar-refractivity contribution in [2.24, 2.45) is 0 Å². The Morgan fingerprint density at radius 2 is 1.62 bits per heavy atom. The lowest BCUT2D eigenvalue weighted by atomic mass is 9.87. The molecular formula is C12H19NO2S. The van der Waals surface area contributed by atoms with E-state index in [1.165, 1.54) is 0 Å². The molecule has 0 atom stereocenters. The Morgan fingerprint density at radius 3 is 2.00 bits per heavy atom. The molecule has 1 aromatic carbocycles. The maximum Gasteiger partial charge on any atom is 0.240 e. The lowest BCUT2D eigenvalue weighted by Gasteiger charge is -2.19. The highest BCUT2D eigenvalue weighted by Crippen LogP contribution is 2.23. The Kier molecular flexibility index (Phi) is 3.76. The van der Waals surface area contributed by atoms with Crippen LogP contribution >= 0.6 is 0 Å². The molecular weight excluding hydrogens is 222 g/mol. The Balaban J connectivity index is 3.05. The lowest BCUT2D eigenvalue weighted by Crippen LogP contribution is -2.23. The SMILES string of the molecule is CCNS(=O)(=O)c1ccc(C(C)(C)C)cc1. The largest absolute Gasteiger partial charge is 0.240 e. The van der Waals surface area contributed by atoms with Crippen LogP contribution in [0.2, 0.25) is 0 Å². The molecule has 0 bridgehead atoms. The summed E-state index contributed by atoms with van der Waals surface area (Å²) < 4.78 is 25.8. The van der Waals surface area contributed by atoms with Crippen molar-refractivity contribution in [1.29, 1.82) is 0 Å². The van der Waals surface area contributed by atoms with Crippen LogP contribution < -0.4 is 4.72 Å². The Morgan fingerprint density at radius 1 is 1.12 bits per heavy atom. The first-order valence-electron chi connectivity index (χ1n) is 5.37. The smallest absolute Gasteiger partial charge is 0.211 e. The van der Waals surface area contributed by atoms with Crippen LogP contribution in [0.1, 0.15) is 33.3 Å². The summed E-state index contributed by atoms with van der Waals surface area (Å²) >= 11 is 0. The Labute approximate surface area is 97.9 Å². The van der Waals surface area contributed by atoms with E-state index in [4.69, 9.17) is 0 Å². The molecule has 0 aliphatic rings. The number of hydrogen-bond donors (Lipinski definition) is 1. The van der Waals surface area contributed by atoms with Crippen LogP contribution in [0.4, 0.5) is 0 Å². The fourth-order valence-corrected chi connectivity index (χ4v) is 2.45. The highest BCUT2D eigenvalue weighted by molar-refractivity contribution is 7.89. The average Bonchev–Trinajstić information content (AvgIpc) is 2.16. The van der Waals surface area contributed by atoms with Crippen molar-refractivity contribution in [3.8, 4) is 0 Å². The van der Waals surface area contributed by atoms with E-state index in [0.29, 0.717) is 11.4 Å². The number of benzene rings is 1. The second-order valence-electron chi connectivity index (χ2n) is 4.78. The third-order valence-electron chi connectivity index (χ3n) is 2.37. The molecule has 1 rings (SSSR count). The zero-order valence-electron chi connectivity index (χ0n) is 10.2. The van der Waals surface area contributed by atoms with Crippen LogP contribution in [0.25, 0.3) is 0 Å². The van der Waals surface area contributed by atoms with Crippen LogP contribution in [0.15, 0.2) is 29.2 Å². The van der Waals surface area contributed by atoms with Crippen LogP contribution in [-0.2, 0) is 15.4 Å². The van der Waals surface area contributed by atoms with Crippen LogP contribution in [-0.4, -0.2) is 15.0 Å². The van der Waals surface area contributed by atoms with Crippen LogP contribution in [0.5, 0.6) is 0 Å². The molecule has 0 radical (unpaired) electrons. The summed E-state index contributed by atoms with van der Waals surface area (Å²) in [5.74, 6) is 0. The summed E-state index contributed by atoms with van der Waals surface area (Å²) in [7, 11) is -3.32. The molecule has 0 amide bonds. The van der Waals surface area contributed by atoms with Gasteiger partial charge in [0.15, 0.2) is 0 Å². The molecule has 90 valence electrons. The standard InChI is InChI=1S/C12H19NO2S/c1-5-13-16(14,15)11-8-6-10(7-9-11)12(2,3)4/h6-9,13H,5H2,1-4H3. The van der Waals surface area contributed by atoms with Gasteiger partial charge in [-0.2, -0.15) is 0 Å². The van der Waals surface area contributed by atoms with E-state index >= 15 is 0 Å². The third kappa shape index (κ3) is 3.06. The minimum absolute atomic E-state index is 0.0421. The highest BCUT2D eigenvalue weighted by atomic mass is 32.2. The highest BCUT2D eigenvalue weighted by Gasteiger charge is 2.16. The second-order valence-corrected chi connectivity index (χ2v) is 6.54. The van der Waals surface area contributed by atoms with E-state index in [1.54, 1.807) is 19.1 Å². The zero-order chi connectivity index (χ0) is 12.4. The molecule has 0 heterocycles. The Hall–Kier alpha value is -0.870. The maximum absolute atomic E-state index is 11.7. The van der Waals surface area contributed by atoms with Crippen LogP contribution in [0, 0.1) is 0 Å². The molecule has 0 saturated carbocycles. The van der Waals surface area contributed by atoms with Gasteiger partial charge in [-0.15, -0.1) is 0 Å². The first-order valence-corrected chi connectivity index (χ1v) is 6.86. The van der Waals surface area contributed by atoms with E-state index in [9.17, 15) is 8.42 Å². The van der Waals surface area contributed by atoms with Crippen molar-refractivity contribution in [1.82, 2.24) is 4.72 Å². The van der Waals surface area contributed by atoms with E-state index < -0.39 is 10.0 Å². The lowest BCUT2D eigenvalue weighted by molar-refractivity contribution is 0.580. The zero-order valence-corrected chi connectivity index (χ0v) is 11.1. The van der Waals surface area contributed by atoms with E-state index in [-0.39, 0.29) is 5.41 Å². The van der Waals surface area contributed by atoms with E-state index in [1.807, 2.05) is 12.1 Å². The topological polar surface area (TPSA) is 46.2 Å². The van der Waals surface area contributed by atoms with Crippen molar-refractivity contribution in [2.45, 2.75) is 38.0 Å². The van der Waals surface area contributed by atoms with Gasteiger partial charge in [-0.25, -0.2) is 13.1 Å². The summed E-state index contributed by atoms with van der Waals surface area (Å²) in [5.41, 5.74) is 1.17. The number of sulfonamides is 1. The van der Waals surface area contributed by atoms with Crippen molar-refractivity contribution >= 4 is 10.0 Å². The molecule has 0 aromatic heterocycles. The summed E-state index contributed by atoms with van der Waals surface area (Å²) in [5, 5.41) is 0. The number of nitrogens with one attached hydrogen (secondary N) is 1. The van der Waals surface area contributed by atoms with Gasteiger partial charge in [0.25, 0.3) is 0 Å². The molecule has 0 saturated heterocycles. The molecule has 1 aromatic rings. The molecule has 3 nitrogen and oxygen atoms in total. The molecule has 0 aliphatic carbocycles. The molecule has 1 N–H and O–H groups in total. The second kappa shape index (κ2) is 4.55. The normalized spacial score (nSPS) is 12.8. The summed E-state index contributed by atoms with van der Waals surface area (Å²) in [6.07, 6.45) is 0. The molecule has 0 fully saturated rings. The summed E-state index contributed by atoms with van der Waals surface area (Å²) in [6.45, 7) is 8.47. The van der Waals surface area contributed by atoms with Crippen molar-refractivity contribution in [2.75, 3.05) is 6.54 Å². The minimum atomic E-state index is -3.32. The third-order valence-corrected chi connectivity index (χ3v) is 3.93. The molecule has 0 unspecified atom stereocenters. The number of rotatable bonds is 3. The van der Waals surface area contributed by atoms with Crippen LogP contribution in [0.3, 0.4) is 0 Å².